The number of methoxy groups -OCH3 is 2. The van der Waals surface area contributed by atoms with E-state index >= 15 is 0 Å². The number of hydrogen-bond acceptors (Lipinski definition) is 5. The van der Waals surface area contributed by atoms with Gasteiger partial charge in [-0.3, -0.25) is 4.79 Å². The lowest BCUT2D eigenvalue weighted by atomic mass is 10.1. The van der Waals surface area contributed by atoms with Crippen molar-refractivity contribution in [2.75, 3.05) is 20.8 Å². The Kier molecular flexibility index (Phi) is 7.89. The lowest BCUT2D eigenvalue weighted by Gasteiger charge is -2.14. The number of para-hydroxylation sites is 1. The molecule has 0 aliphatic carbocycles. The second kappa shape index (κ2) is 10.4. The monoisotopic (exact) mass is 403 g/mol. The van der Waals surface area contributed by atoms with Crippen molar-refractivity contribution in [2.45, 2.75) is 13.0 Å². The molecule has 0 saturated heterocycles. The maximum absolute atomic E-state index is 12.0. The maximum atomic E-state index is 12.0. The highest BCUT2D eigenvalue weighted by molar-refractivity contribution is 6.30. The quantitative estimate of drug-likeness (QED) is 0.536. The Morgan fingerprint density at radius 2 is 1.89 bits per heavy atom. The van der Waals surface area contributed by atoms with Gasteiger partial charge < -0.3 is 19.5 Å². The Labute approximate surface area is 169 Å². The summed E-state index contributed by atoms with van der Waals surface area (Å²) in [5, 5.41) is 3.34. The van der Waals surface area contributed by atoms with Crippen molar-refractivity contribution in [1.29, 1.82) is 0 Å². The van der Waals surface area contributed by atoms with Crippen molar-refractivity contribution < 1.29 is 23.8 Å². The molecule has 0 radical (unpaired) electrons. The van der Waals surface area contributed by atoms with E-state index < -0.39 is 11.9 Å². The Hall–Kier alpha value is -2.99. The number of benzene rings is 2. The summed E-state index contributed by atoms with van der Waals surface area (Å²) in [6, 6.07) is 12.2. The fourth-order valence-electron chi connectivity index (χ4n) is 2.53. The van der Waals surface area contributed by atoms with Gasteiger partial charge in [-0.25, -0.2) is 4.79 Å². The first kappa shape index (κ1) is 21.3. The minimum Gasteiger partial charge on any atom is -0.493 e. The highest BCUT2D eigenvalue weighted by atomic mass is 35.5. The maximum Gasteiger partial charge on any atom is 0.331 e. The van der Waals surface area contributed by atoms with E-state index in [1.165, 1.54) is 26.4 Å². The number of rotatable bonds is 8. The van der Waals surface area contributed by atoms with E-state index in [2.05, 4.69) is 5.32 Å². The van der Waals surface area contributed by atoms with Crippen LogP contribution in [0.4, 0.5) is 0 Å². The number of ether oxygens (including phenoxy) is 3. The zero-order valence-electron chi connectivity index (χ0n) is 15.9. The molecule has 2 aromatic rings. The van der Waals surface area contributed by atoms with E-state index in [1.807, 2.05) is 13.0 Å². The van der Waals surface area contributed by atoms with Gasteiger partial charge in [-0.1, -0.05) is 35.9 Å². The summed E-state index contributed by atoms with van der Waals surface area (Å²) in [6.07, 6.45) is 2.77. The Balaban J connectivity index is 1.88. The molecule has 0 aliphatic rings. The first-order valence-corrected chi connectivity index (χ1v) is 8.93. The van der Waals surface area contributed by atoms with Crippen molar-refractivity contribution in [2.24, 2.45) is 0 Å². The number of nitrogens with one attached hydrogen (secondary N) is 1. The Morgan fingerprint density at radius 1 is 1.14 bits per heavy atom. The van der Waals surface area contributed by atoms with Crippen LogP contribution in [-0.4, -0.2) is 32.7 Å². The highest BCUT2D eigenvalue weighted by Crippen LogP contribution is 2.31. The molecule has 6 nitrogen and oxygen atoms in total. The molecule has 28 heavy (non-hydrogen) atoms. The first-order chi connectivity index (χ1) is 13.4. The van der Waals surface area contributed by atoms with E-state index in [1.54, 1.807) is 36.4 Å². The van der Waals surface area contributed by atoms with E-state index in [4.69, 9.17) is 25.8 Å². The molecule has 2 aromatic carbocycles. The van der Waals surface area contributed by atoms with Gasteiger partial charge in [-0.15, -0.1) is 0 Å². The van der Waals surface area contributed by atoms with E-state index in [9.17, 15) is 9.59 Å². The SMILES string of the molecule is COc1cccc(/C=C/C(=O)OCC(=O)N[C@@H](C)c2cccc(Cl)c2)c1OC. The van der Waals surface area contributed by atoms with Crippen molar-refractivity contribution in [1.82, 2.24) is 5.32 Å². The third-order valence-electron chi connectivity index (χ3n) is 3.90. The fourth-order valence-corrected chi connectivity index (χ4v) is 2.73. The van der Waals surface area contributed by atoms with Gasteiger partial charge in [0, 0.05) is 16.7 Å². The molecule has 0 unspecified atom stereocenters. The molecule has 0 aromatic heterocycles. The van der Waals surface area contributed by atoms with Crippen LogP contribution < -0.4 is 14.8 Å². The smallest absolute Gasteiger partial charge is 0.331 e. The summed E-state index contributed by atoms with van der Waals surface area (Å²) < 4.78 is 15.5. The average Bonchev–Trinajstić information content (AvgIpc) is 2.70. The number of hydrogen-bond donors (Lipinski definition) is 1. The van der Waals surface area contributed by atoms with Crippen molar-refractivity contribution in [3.8, 4) is 11.5 Å². The van der Waals surface area contributed by atoms with Gasteiger partial charge in [-0.2, -0.15) is 0 Å². The van der Waals surface area contributed by atoms with E-state index in [0.717, 1.165) is 5.56 Å². The number of amides is 1. The van der Waals surface area contributed by atoms with Crippen molar-refractivity contribution in [3.05, 3.63) is 64.7 Å². The molecule has 0 spiro atoms. The second-order valence-corrected chi connectivity index (χ2v) is 6.30. The van der Waals surface area contributed by atoms with Gasteiger partial charge in [0.05, 0.1) is 20.3 Å². The molecular weight excluding hydrogens is 382 g/mol. The third-order valence-corrected chi connectivity index (χ3v) is 4.14. The van der Waals surface area contributed by atoms with Gasteiger partial charge in [-0.05, 0) is 36.8 Å². The Morgan fingerprint density at radius 3 is 2.57 bits per heavy atom. The molecular formula is C21H22ClNO5. The normalized spacial score (nSPS) is 11.7. The second-order valence-electron chi connectivity index (χ2n) is 5.87. The molecule has 148 valence electrons. The molecule has 0 heterocycles. The molecule has 2 rings (SSSR count). The van der Waals surface area contributed by atoms with Crippen molar-refractivity contribution in [3.63, 3.8) is 0 Å². The third kappa shape index (κ3) is 6.03. The van der Waals surface area contributed by atoms with Crippen LogP contribution in [0.3, 0.4) is 0 Å². The number of carbonyl (C=O) groups is 2. The predicted octanol–water partition coefficient (Wildman–Crippen LogP) is 3.79. The van der Waals surface area contributed by atoms with Crippen LogP contribution in [0.1, 0.15) is 24.1 Å². The van der Waals surface area contributed by atoms with Crippen LogP contribution >= 0.6 is 11.6 Å². The summed E-state index contributed by atoms with van der Waals surface area (Å²) in [5.74, 6) is -0.00171. The van der Waals surface area contributed by atoms with Crippen LogP contribution in [-0.2, 0) is 14.3 Å². The van der Waals surface area contributed by atoms with Gasteiger partial charge >= 0.3 is 5.97 Å². The van der Waals surface area contributed by atoms with Gasteiger partial charge in [0.25, 0.3) is 5.91 Å². The first-order valence-electron chi connectivity index (χ1n) is 8.55. The predicted molar refractivity (Wildman–Crippen MR) is 108 cm³/mol. The summed E-state index contributed by atoms with van der Waals surface area (Å²) in [7, 11) is 3.04. The number of esters is 1. The Bertz CT molecular complexity index is 866. The molecule has 0 bridgehead atoms. The molecule has 1 atom stereocenters. The highest BCUT2D eigenvalue weighted by Gasteiger charge is 2.12. The van der Waals surface area contributed by atoms with Crippen LogP contribution in [0.25, 0.3) is 6.08 Å². The molecule has 0 fully saturated rings. The zero-order chi connectivity index (χ0) is 20.5. The van der Waals surface area contributed by atoms with Crippen LogP contribution in [0.5, 0.6) is 11.5 Å². The van der Waals surface area contributed by atoms with Crippen LogP contribution in [0, 0.1) is 0 Å². The number of carbonyl (C=O) groups excluding carboxylic acids is 2. The minimum absolute atomic E-state index is 0.263. The van der Waals surface area contributed by atoms with E-state index in [0.29, 0.717) is 22.1 Å². The standard InChI is InChI=1S/C21H22ClNO5/c1-14(16-7-4-8-17(22)12-16)23-19(24)13-28-20(25)11-10-15-6-5-9-18(26-2)21(15)27-3/h4-12,14H,13H2,1-3H3,(H,23,24)/b11-10+/t14-/m0/s1. The fraction of sp³-hybridized carbons (Fsp3) is 0.238. The van der Waals surface area contributed by atoms with Crippen LogP contribution in [0.2, 0.25) is 5.02 Å². The van der Waals surface area contributed by atoms with Crippen LogP contribution in [0.15, 0.2) is 48.5 Å². The summed E-state index contributed by atoms with van der Waals surface area (Å²) >= 11 is 5.95. The largest absolute Gasteiger partial charge is 0.493 e. The molecule has 1 N–H and O–H groups in total. The summed E-state index contributed by atoms with van der Waals surface area (Å²) in [6.45, 7) is 1.43. The minimum atomic E-state index is -0.643. The molecule has 7 heteroatoms. The molecule has 1 amide bonds. The molecule has 0 aliphatic heterocycles. The van der Waals surface area contributed by atoms with Crippen molar-refractivity contribution >= 4 is 29.6 Å². The van der Waals surface area contributed by atoms with E-state index in [-0.39, 0.29) is 12.6 Å². The summed E-state index contributed by atoms with van der Waals surface area (Å²) in [5.41, 5.74) is 1.51. The lowest BCUT2D eigenvalue weighted by molar-refractivity contribution is -0.144. The molecule has 0 saturated carbocycles. The number of halogens is 1. The van der Waals surface area contributed by atoms with Gasteiger partial charge in [0.15, 0.2) is 18.1 Å². The van der Waals surface area contributed by atoms with Gasteiger partial charge in [0.1, 0.15) is 0 Å². The zero-order valence-corrected chi connectivity index (χ0v) is 16.7. The lowest BCUT2D eigenvalue weighted by Crippen LogP contribution is -2.30. The summed E-state index contributed by atoms with van der Waals surface area (Å²) in [4.78, 5) is 23.9. The topological polar surface area (TPSA) is 73.9 Å². The average molecular weight is 404 g/mol. The van der Waals surface area contributed by atoms with Gasteiger partial charge in [0.2, 0.25) is 0 Å².